The molecule has 5 heteroatoms. The molecule has 3 N–H and O–H groups in total. The van der Waals surface area contributed by atoms with Crippen molar-refractivity contribution in [1.29, 1.82) is 0 Å². The lowest BCUT2D eigenvalue weighted by Gasteiger charge is -2.49. The number of aliphatic hydroxyl groups is 1. The number of rotatable bonds is 6. The Labute approximate surface area is 119 Å². The van der Waals surface area contributed by atoms with Crippen molar-refractivity contribution in [2.24, 2.45) is 17.1 Å². The molecule has 1 atom stereocenters. The van der Waals surface area contributed by atoms with Gasteiger partial charge in [-0.25, -0.2) is 0 Å². The molecule has 0 aromatic rings. The van der Waals surface area contributed by atoms with Crippen LogP contribution < -0.4 is 5.73 Å². The van der Waals surface area contributed by atoms with Crippen LogP contribution in [0, 0.1) is 11.3 Å². The summed E-state index contributed by atoms with van der Waals surface area (Å²) in [6, 6.07) is 0. The SMILES string of the molecule is CCC1CCC(CN)(C(C)(O)CCCC(F)(F)F)CC1. The second kappa shape index (κ2) is 6.65. The quantitative estimate of drug-likeness (QED) is 0.777. The average Bonchev–Trinajstić information content (AvgIpc) is 2.36. The molecule has 2 nitrogen and oxygen atoms in total. The molecule has 1 aliphatic carbocycles. The molecule has 1 unspecified atom stereocenters. The Morgan fingerprint density at radius 2 is 1.75 bits per heavy atom. The second-order valence-electron chi connectivity index (χ2n) is 6.58. The van der Waals surface area contributed by atoms with E-state index in [0.29, 0.717) is 12.5 Å². The molecule has 0 heterocycles. The predicted octanol–water partition coefficient (Wildman–Crippen LogP) is 4.02. The zero-order chi connectivity index (χ0) is 15.4. The maximum absolute atomic E-state index is 12.2. The molecule has 0 saturated heterocycles. The summed E-state index contributed by atoms with van der Waals surface area (Å²) in [6.07, 6.45) is -0.0473. The lowest BCUT2D eigenvalue weighted by atomic mass is 9.60. The van der Waals surface area contributed by atoms with E-state index in [1.54, 1.807) is 6.92 Å². The van der Waals surface area contributed by atoms with Crippen LogP contribution in [0.1, 0.15) is 65.2 Å². The molecule has 0 amide bonds. The van der Waals surface area contributed by atoms with Crippen molar-refractivity contribution in [3.05, 3.63) is 0 Å². The highest BCUT2D eigenvalue weighted by molar-refractivity contribution is 4.99. The van der Waals surface area contributed by atoms with Gasteiger partial charge in [-0.15, -0.1) is 0 Å². The van der Waals surface area contributed by atoms with Crippen LogP contribution in [0.2, 0.25) is 0 Å². The van der Waals surface area contributed by atoms with Crippen LogP contribution in [0.3, 0.4) is 0 Å². The highest BCUT2D eigenvalue weighted by Crippen LogP contribution is 2.48. The molecule has 1 saturated carbocycles. The van der Waals surface area contributed by atoms with E-state index in [1.807, 2.05) is 0 Å². The van der Waals surface area contributed by atoms with Crippen LogP contribution >= 0.6 is 0 Å². The van der Waals surface area contributed by atoms with Crippen molar-refractivity contribution in [2.75, 3.05) is 6.54 Å². The fourth-order valence-corrected chi connectivity index (χ4v) is 3.50. The van der Waals surface area contributed by atoms with E-state index >= 15 is 0 Å². The third kappa shape index (κ3) is 4.35. The van der Waals surface area contributed by atoms with E-state index < -0.39 is 23.6 Å². The molecule has 0 aliphatic heterocycles. The van der Waals surface area contributed by atoms with Gasteiger partial charge >= 0.3 is 6.18 Å². The van der Waals surface area contributed by atoms with Crippen molar-refractivity contribution >= 4 is 0 Å². The molecule has 0 bridgehead atoms. The summed E-state index contributed by atoms with van der Waals surface area (Å²) in [6.45, 7) is 4.17. The van der Waals surface area contributed by atoms with Crippen molar-refractivity contribution in [3.8, 4) is 0 Å². The lowest BCUT2D eigenvalue weighted by Crippen LogP contribution is -2.52. The summed E-state index contributed by atoms with van der Waals surface area (Å²) in [7, 11) is 0. The lowest BCUT2D eigenvalue weighted by molar-refractivity contribution is -0.143. The highest BCUT2D eigenvalue weighted by Gasteiger charge is 2.47. The van der Waals surface area contributed by atoms with Gasteiger partial charge in [0, 0.05) is 18.4 Å². The van der Waals surface area contributed by atoms with Crippen molar-refractivity contribution in [2.45, 2.75) is 77.0 Å². The molecule has 0 aromatic carbocycles. The van der Waals surface area contributed by atoms with E-state index in [4.69, 9.17) is 5.73 Å². The first kappa shape index (κ1) is 17.8. The third-order valence-corrected chi connectivity index (χ3v) is 5.30. The molecule has 0 aromatic heterocycles. The van der Waals surface area contributed by atoms with E-state index in [2.05, 4.69) is 6.92 Å². The second-order valence-corrected chi connectivity index (χ2v) is 6.58. The van der Waals surface area contributed by atoms with Crippen LogP contribution in [0.4, 0.5) is 13.2 Å². The molecule has 0 spiro atoms. The first-order chi connectivity index (χ1) is 9.16. The number of nitrogens with two attached hydrogens (primary N) is 1. The number of hydrogen-bond acceptors (Lipinski definition) is 2. The van der Waals surface area contributed by atoms with Gasteiger partial charge < -0.3 is 10.8 Å². The van der Waals surface area contributed by atoms with E-state index in [0.717, 1.165) is 32.1 Å². The maximum Gasteiger partial charge on any atom is 0.389 e. The van der Waals surface area contributed by atoms with E-state index in [9.17, 15) is 18.3 Å². The van der Waals surface area contributed by atoms with Crippen LogP contribution in [-0.4, -0.2) is 23.4 Å². The van der Waals surface area contributed by atoms with Gasteiger partial charge in [0.1, 0.15) is 0 Å². The Morgan fingerprint density at radius 1 is 1.20 bits per heavy atom. The molecule has 20 heavy (non-hydrogen) atoms. The zero-order valence-electron chi connectivity index (χ0n) is 12.6. The topological polar surface area (TPSA) is 46.2 Å². The summed E-state index contributed by atoms with van der Waals surface area (Å²) in [5, 5.41) is 10.7. The fraction of sp³-hybridized carbons (Fsp3) is 1.00. The third-order valence-electron chi connectivity index (χ3n) is 5.30. The molecular weight excluding hydrogens is 267 g/mol. The van der Waals surface area contributed by atoms with Crippen LogP contribution in [-0.2, 0) is 0 Å². The smallest absolute Gasteiger partial charge is 0.389 e. The summed E-state index contributed by atoms with van der Waals surface area (Å²) < 4.78 is 36.7. The van der Waals surface area contributed by atoms with Gasteiger partial charge in [0.2, 0.25) is 0 Å². The monoisotopic (exact) mass is 295 g/mol. The number of hydrogen-bond donors (Lipinski definition) is 2. The minimum absolute atomic E-state index is 0.0323. The van der Waals surface area contributed by atoms with Gasteiger partial charge in [-0.05, 0) is 51.4 Å². The molecule has 120 valence electrons. The molecular formula is C15H28F3NO. The molecule has 1 rings (SSSR count). The van der Waals surface area contributed by atoms with Gasteiger partial charge in [-0.2, -0.15) is 13.2 Å². The van der Waals surface area contributed by atoms with Crippen molar-refractivity contribution in [3.63, 3.8) is 0 Å². The van der Waals surface area contributed by atoms with Crippen molar-refractivity contribution < 1.29 is 18.3 Å². The Morgan fingerprint density at radius 3 is 2.15 bits per heavy atom. The Bertz CT molecular complexity index is 294. The average molecular weight is 295 g/mol. The molecule has 1 aliphatic rings. The summed E-state index contributed by atoms with van der Waals surface area (Å²) in [5.41, 5.74) is 4.37. The van der Waals surface area contributed by atoms with Gasteiger partial charge in [-0.3, -0.25) is 0 Å². The standard InChI is InChI=1S/C15H28F3NO/c1-3-12-5-9-14(11-19,10-6-12)13(2,20)7-4-8-15(16,17)18/h12,20H,3-11,19H2,1-2H3. The van der Waals surface area contributed by atoms with Gasteiger partial charge in [0.25, 0.3) is 0 Å². The summed E-state index contributed by atoms with van der Waals surface area (Å²) in [4.78, 5) is 0. The normalized spacial score (nSPS) is 31.1. The number of halogens is 3. The fourth-order valence-electron chi connectivity index (χ4n) is 3.50. The van der Waals surface area contributed by atoms with E-state index in [1.165, 1.54) is 0 Å². The first-order valence-corrected chi connectivity index (χ1v) is 7.65. The molecule has 0 radical (unpaired) electrons. The number of alkyl halides is 3. The molecule has 1 fully saturated rings. The minimum Gasteiger partial charge on any atom is -0.390 e. The summed E-state index contributed by atoms with van der Waals surface area (Å²) >= 11 is 0. The Kier molecular flexibility index (Phi) is 5.90. The largest absolute Gasteiger partial charge is 0.390 e. The predicted molar refractivity (Wildman–Crippen MR) is 74.3 cm³/mol. The first-order valence-electron chi connectivity index (χ1n) is 7.65. The van der Waals surface area contributed by atoms with Gasteiger partial charge in [0.15, 0.2) is 0 Å². The van der Waals surface area contributed by atoms with Gasteiger partial charge in [-0.1, -0.05) is 13.3 Å². The maximum atomic E-state index is 12.2. The minimum atomic E-state index is -4.15. The zero-order valence-corrected chi connectivity index (χ0v) is 12.6. The van der Waals surface area contributed by atoms with Crippen LogP contribution in [0.25, 0.3) is 0 Å². The summed E-state index contributed by atoms with van der Waals surface area (Å²) in [5.74, 6) is 0.667. The highest BCUT2D eigenvalue weighted by atomic mass is 19.4. The van der Waals surface area contributed by atoms with Crippen LogP contribution in [0.5, 0.6) is 0 Å². The Balaban J connectivity index is 2.62. The van der Waals surface area contributed by atoms with Crippen LogP contribution in [0.15, 0.2) is 0 Å². The van der Waals surface area contributed by atoms with Crippen molar-refractivity contribution in [1.82, 2.24) is 0 Å². The van der Waals surface area contributed by atoms with Gasteiger partial charge in [0.05, 0.1) is 5.60 Å². The van der Waals surface area contributed by atoms with E-state index in [-0.39, 0.29) is 12.8 Å². The Hall–Kier alpha value is -0.290.